The highest BCUT2D eigenvalue weighted by atomic mass is 16.5. The minimum Gasteiger partial charge on any atom is -0.478 e. The van der Waals surface area contributed by atoms with Crippen molar-refractivity contribution in [3.05, 3.63) is 54.1 Å². The second kappa shape index (κ2) is 6.00. The number of carbonyl (C=O) groups is 2. The van der Waals surface area contributed by atoms with Crippen LogP contribution in [-0.2, 0) is 16.0 Å². The first kappa shape index (κ1) is 14.9. The zero-order valence-electron chi connectivity index (χ0n) is 12.4. The van der Waals surface area contributed by atoms with Crippen molar-refractivity contribution in [2.75, 3.05) is 17.2 Å². The Bertz CT molecular complexity index is 746. The Morgan fingerprint density at radius 1 is 1.17 bits per heavy atom. The molecule has 6 nitrogen and oxygen atoms in total. The molecule has 1 aliphatic heterocycles. The summed E-state index contributed by atoms with van der Waals surface area (Å²) in [7, 11) is 0. The number of amides is 2. The number of primary amides is 1. The maximum atomic E-state index is 12.7. The van der Waals surface area contributed by atoms with Crippen molar-refractivity contribution in [1.29, 1.82) is 0 Å². The summed E-state index contributed by atoms with van der Waals surface area (Å²) in [6.07, 6.45) is -0.286. The normalized spacial score (nSPS) is 16.6. The summed E-state index contributed by atoms with van der Waals surface area (Å²) >= 11 is 0. The van der Waals surface area contributed by atoms with Crippen LogP contribution in [-0.4, -0.2) is 24.5 Å². The van der Waals surface area contributed by atoms with Crippen LogP contribution >= 0.6 is 0 Å². The lowest BCUT2D eigenvalue weighted by Crippen LogP contribution is -2.49. The molecule has 0 bridgehead atoms. The molecule has 0 saturated carbocycles. The van der Waals surface area contributed by atoms with Gasteiger partial charge in [0.2, 0.25) is 5.91 Å². The Labute approximate surface area is 133 Å². The SMILES string of the molecule is NC(=O)CN1C(=O)C(Cc2ccccc2)Oc2ccc(N)cc21. The molecule has 2 aromatic carbocycles. The van der Waals surface area contributed by atoms with Crippen molar-refractivity contribution in [2.24, 2.45) is 5.73 Å². The van der Waals surface area contributed by atoms with E-state index in [0.717, 1.165) is 5.56 Å². The predicted molar refractivity (Wildman–Crippen MR) is 87.0 cm³/mol. The van der Waals surface area contributed by atoms with Crippen LogP contribution < -0.4 is 21.1 Å². The van der Waals surface area contributed by atoms with Gasteiger partial charge in [-0.3, -0.25) is 14.5 Å². The van der Waals surface area contributed by atoms with Gasteiger partial charge >= 0.3 is 0 Å². The maximum Gasteiger partial charge on any atom is 0.268 e. The number of carbonyl (C=O) groups excluding carboxylic acids is 2. The van der Waals surface area contributed by atoms with E-state index < -0.39 is 12.0 Å². The van der Waals surface area contributed by atoms with E-state index in [1.54, 1.807) is 18.2 Å². The molecule has 118 valence electrons. The molecule has 0 saturated heterocycles. The highest BCUT2D eigenvalue weighted by Crippen LogP contribution is 2.36. The quantitative estimate of drug-likeness (QED) is 0.826. The molecule has 4 N–H and O–H groups in total. The number of nitrogens with two attached hydrogens (primary N) is 2. The summed E-state index contributed by atoms with van der Waals surface area (Å²) in [6, 6.07) is 14.6. The third kappa shape index (κ3) is 3.11. The maximum absolute atomic E-state index is 12.7. The van der Waals surface area contributed by atoms with Crippen LogP contribution in [0.5, 0.6) is 5.75 Å². The van der Waals surface area contributed by atoms with E-state index in [9.17, 15) is 9.59 Å². The number of rotatable bonds is 4. The Morgan fingerprint density at radius 2 is 1.91 bits per heavy atom. The zero-order chi connectivity index (χ0) is 16.4. The molecule has 0 aliphatic carbocycles. The first-order valence-corrected chi connectivity index (χ1v) is 7.24. The monoisotopic (exact) mass is 311 g/mol. The predicted octanol–water partition coefficient (Wildman–Crippen LogP) is 1.09. The van der Waals surface area contributed by atoms with Gasteiger partial charge in [-0.2, -0.15) is 0 Å². The number of nitrogen functional groups attached to an aromatic ring is 1. The molecule has 0 fully saturated rings. The lowest BCUT2D eigenvalue weighted by Gasteiger charge is -2.34. The van der Waals surface area contributed by atoms with Gasteiger partial charge in [0.15, 0.2) is 6.10 Å². The van der Waals surface area contributed by atoms with E-state index in [1.165, 1.54) is 4.90 Å². The highest BCUT2D eigenvalue weighted by molar-refractivity contribution is 6.04. The number of benzene rings is 2. The molecule has 0 spiro atoms. The topological polar surface area (TPSA) is 98.7 Å². The Morgan fingerprint density at radius 3 is 2.61 bits per heavy atom. The van der Waals surface area contributed by atoms with E-state index in [4.69, 9.17) is 16.2 Å². The second-order valence-corrected chi connectivity index (χ2v) is 5.41. The fourth-order valence-corrected chi connectivity index (χ4v) is 2.62. The van der Waals surface area contributed by atoms with Gasteiger partial charge in [0.1, 0.15) is 12.3 Å². The summed E-state index contributed by atoms with van der Waals surface area (Å²) in [5, 5.41) is 0. The van der Waals surface area contributed by atoms with Gasteiger partial charge in [-0.1, -0.05) is 30.3 Å². The van der Waals surface area contributed by atoms with Crippen LogP contribution in [0.2, 0.25) is 0 Å². The van der Waals surface area contributed by atoms with Crippen LogP contribution in [0.3, 0.4) is 0 Å². The zero-order valence-corrected chi connectivity index (χ0v) is 12.4. The molecule has 3 rings (SSSR count). The molecule has 0 radical (unpaired) electrons. The summed E-state index contributed by atoms with van der Waals surface area (Å²) in [6.45, 7) is -0.204. The third-order valence-corrected chi connectivity index (χ3v) is 3.66. The number of hydrogen-bond acceptors (Lipinski definition) is 4. The van der Waals surface area contributed by atoms with E-state index in [2.05, 4.69) is 0 Å². The van der Waals surface area contributed by atoms with Crippen LogP contribution in [0.25, 0.3) is 0 Å². The summed E-state index contributed by atoms with van der Waals surface area (Å²) in [5.74, 6) is -0.376. The number of fused-ring (bicyclic) bond motifs is 1. The molecule has 2 aromatic rings. The van der Waals surface area contributed by atoms with Crippen molar-refractivity contribution < 1.29 is 14.3 Å². The van der Waals surface area contributed by atoms with Crippen molar-refractivity contribution in [3.63, 3.8) is 0 Å². The lowest BCUT2D eigenvalue weighted by molar-refractivity contribution is -0.128. The molecule has 23 heavy (non-hydrogen) atoms. The molecule has 1 aliphatic rings. The van der Waals surface area contributed by atoms with Gasteiger partial charge in [0.05, 0.1) is 5.69 Å². The number of anilines is 2. The van der Waals surface area contributed by atoms with Crippen LogP contribution in [0.1, 0.15) is 5.56 Å². The van der Waals surface area contributed by atoms with E-state index in [0.29, 0.717) is 23.5 Å². The average molecular weight is 311 g/mol. The minimum atomic E-state index is -0.701. The molecule has 1 heterocycles. The minimum absolute atomic E-state index is 0.204. The molecule has 1 atom stereocenters. The number of hydrogen-bond donors (Lipinski definition) is 2. The van der Waals surface area contributed by atoms with Gasteiger partial charge in [-0.05, 0) is 23.8 Å². The van der Waals surface area contributed by atoms with E-state index in [-0.39, 0.29) is 12.5 Å². The largest absolute Gasteiger partial charge is 0.478 e. The van der Waals surface area contributed by atoms with Gasteiger partial charge in [-0.25, -0.2) is 0 Å². The fourth-order valence-electron chi connectivity index (χ4n) is 2.62. The van der Waals surface area contributed by atoms with Crippen molar-refractivity contribution in [3.8, 4) is 5.75 Å². The Kier molecular flexibility index (Phi) is 3.89. The van der Waals surface area contributed by atoms with Crippen molar-refractivity contribution in [2.45, 2.75) is 12.5 Å². The number of ether oxygens (including phenoxy) is 1. The molecular weight excluding hydrogens is 294 g/mol. The molecular formula is C17H17N3O3. The summed E-state index contributed by atoms with van der Waals surface area (Å²) in [5.41, 5.74) is 13.0. The summed E-state index contributed by atoms with van der Waals surface area (Å²) < 4.78 is 5.82. The lowest BCUT2D eigenvalue weighted by atomic mass is 10.0. The molecule has 2 amide bonds. The average Bonchev–Trinajstić information content (AvgIpc) is 2.53. The second-order valence-electron chi connectivity index (χ2n) is 5.41. The molecule has 1 unspecified atom stereocenters. The highest BCUT2D eigenvalue weighted by Gasteiger charge is 2.35. The molecule has 6 heteroatoms. The van der Waals surface area contributed by atoms with Crippen molar-refractivity contribution >= 4 is 23.2 Å². The standard InChI is InChI=1S/C17H17N3O3/c18-12-6-7-14-13(9-12)20(10-16(19)21)17(22)15(23-14)8-11-4-2-1-3-5-11/h1-7,9,15H,8,10,18H2,(H2,19,21). The first-order chi connectivity index (χ1) is 11.0. The van der Waals surface area contributed by atoms with Gasteiger partial charge < -0.3 is 16.2 Å². The Hall–Kier alpha value is -3.02. The van der Waals surface area contributed by atoms with Crippen molar-refractivity contribution in [1.82, 2.24) is 0 Å². The molecule has 0 aromatic heterocycles. The van der Waals surface area contributed by atoms with Crippen LogP contribution in [0.4, 0.5) is 11.4 Å². The number of nitrogens with zero attached hydrogens (tertiary/aromatic N) is 1. The van der Waals surface area contributed by atoms with Crippen LogP contribution in [0.15, 0.2) is 48.5 Å². The smallest absolute Gasteiger partial charge is 0.268 e. The van der Waals surface area contributed by atoms with E-state index >= 15 is 0 Å². The summed E-state index contributed by atoms with van der Waals surface area (Å²) in [4.78, 5) is 25.4. The van der Waals surface area contributed by atoms with Gasteiger partial charge in [0.25, 0.3) is 5.91 Å². The first-order valence-electron chi connectivity index (χ1n) is 7.24. The fraction of sp³-hybridized carbons (Fsp3) is 0.176. The Balaban J connectivity index is 1.94. The van der Waals surface area contributed by atoms with Gasteiger partial charge in [0, 0.05) is 12.1 Å². The third-order valence-electron chi connectivity index (χ3n) is 3.66. The van der Waals surface area contributed by atoms with Crippen LogP contribution in [0, 0.1) is 0 Å². The van der Waals surface area contributed by atoms with E-state index in [1.807, 2.05) is 30.3 Å². The van der Waals surface area contributed by atoms with Gasteiger partial charge in [-0.15, -0.1) is 0 Å².